The van der Waals surface area contributed by atoms with Crippen molar-refractivity contribution in [3.05, 3.63) is 29.3 Å². The van der Waals surface area contributed by atoms with Crippen molar-refractivity contribution in [1.82, 2.24) is 5.32 Å². The Labute approximate surface area is 105 Å². The maximum Gasteiger partial charge on any atom is 0.224 e. The van der Waals surface area contributed by atoms with E-state index in [1.165, 1.54) is 16.9 Å². The second-order valence-electron chi connectivity index (χ2n) is 4.55. The molecule has 0 saturated carbocycles. The minimum Gasteiger partial charge on any atom is -0.326 e. The first kappa shape index (κ1) is 11.1. The number of benzene rings is 1. The first-order chi connectivity index (χ1) is 8.33. The molecule has 1 aromatic rings. The molecular formula is C13H16N2OS. The molecule has 1 saturated heterocycles. The van der Waals surface area contributed by atoms with Gasteiger partial charge in [-0.1, -0.05) is 12.1 Å². The summed E-state index contributed by atoms with van der Waals surface area (Å²) in [7, 11) is 0. The van der Waals surface area contributed by atoms with E-state index in [2.05, 4.69) is 22.8 Å². The molecule has 0 aromatic heterocycles. The third-order valence-corrected chi connectivity index (χ3v) is 4.41. The van der Waals surface area contributed by atoms with Crippen molar-refractivity contribution in [3.8, 4) is 0 Å². The molecule has 0 bridgehead atoms. The lowest BCUT2D eigenvalue weighted by Gasteiger charge is -2.25. The van der Waals surface area contributed by atoms with Crippen LogP contribution in [-0.2, 0) is 11.2 Å². The van der Waals surface area contributed by atoms with Crippen LogP contribution in [0.1, 0.15) is 23.6 Å². The third-order valence-electron chi connectivity index (χ3n) is 3.35. The van der Waals surface area contributed by atoms with Crippen LogP contribution in [0.4, 0.5) is 5.69 Å². The molecule has 1 fully saturated rings. The van der Waals surface area contributed by atoms with Crippen LogP contribution in [0.25, 0.3) is 0 Å². The number of amides is 1. The number of aryl methyl sites for hydroxylation is 1. The lowest BCUT2D eigenvalue weighted by Crippen LogP contribution is -2.30. The summed E-state index contributed by atoms with van der Waals surface area (Å²) in [6, 6.07) is 6.89. The summed E-state index contributed by atoms with van der Waals surface area (Å²) in [6.07, 6.45) is 1.48. The first-order valence-corrected chi connectivity index (χ1v) is 7.22. The smallest absolute Gasteiger partial charge is 0.224 e. The number of rotatable bonds is 1. The number of anilines is 1. The Balaban J connectivity index is 1.85. The maximum absolute atomic E-state index is 11.3. The summed E-state index contributed by atoms with van der Waals surface area (Å²) < 4.78 is 0. The van der Waals surface area contributed by atoms with Crippen LogP contribution in [0.5, 0.6) is 0 Å². The predicted octanol–water partition coefficient (Wildman–Crippen LogP) is 1.95. The molecule has 1 unspecified atom stereocenters. The highest BCUT2D eigenvalue weighted by Gasteiger charge is 2.19. The zero-order chi connectivity index (χ0) is 11.7. The van der Waals surface area contributed by atoms with E-state index < -0.39 is 0 Å². The summed E-state index contributed by atoms with van der Waals surface area (Å²) in [6.45, 7) is 1.09. The van der Waals surface area contributed by atoms with Gasteiger partial charge in [-0.3, -0.25) is 4.79 Å². The third kappa shape index (κ3) is 2.33. The molecule has 1 atom stereocenters. The quantitative estimate of drug-likeness (QED) is 0.798. The Bertz CT molecular complexity index is 441. The van der Waals surface area contributed by atoms with Crippen LogP contribution in [0.2, 0.25) is 0 Å². The fourth-order valence-corrected chi connectivity index (χ4v) is 3.37. The SMILES string of the molecule is O=C1CCc2cc(C3CSCCN3)ccc2N1. The summed E-state index contributed by atoms with van der Waals surface area (Å²) in [5.41, 5.74) is 3.63. The maximum atomic E-state index is 11.3. The van der Waals surface area contributed by atoms with Crippen molar-refractivity contribution >= 4 is 23.4 Å². The van der Waals surface area contributed by atoms with E-state index in [4.69, 9.17) is 0 Å². The number of hydrogen-bond acceptors (Lipinski definition) is 3. The second kappa shape index (κ2) is 4.70. The van der Waals surface area contributed by atoms with Gasteiger partial charge in [-0.05, 0) is 23.6 Å². The summed E-state index contributed by atoms with van der Waals surface area (Å²) in [5, 5.41) is 6.47. The minimum absolute atomic E-state index is 0.136. The number of carbonyl (C=O) groups is 1. The number of hydrogen-bond donors (Lipinski definition) is 2. The molecule has 0 spiro atoms. The molecule has 0 radical (unpaired) electrons. The van der Waals surface area contributed by atoms with Crippen LogP contribution in [0.3, 0.4) is 0 Å². The Hall–Kier alpha value is -1.00. The highest BCUT2D eigenvalue weighted by Crippen LogP contribution is 2.28. The van der Waals surface area contributed by atoms with Crippen LogP contribution < -0.4 is 10.6 Å². The molecule has 17 heavy (non-hydrogen) atoms. The van der Waals surface area contributed by atoms with Crippen molar-refractivity contribution < 1.29 is 4.79 Å². The second-order valence-corrected chi connectivity index (χ2v) is 5.70. The van der Waals surface area contributed by atoms with Crippen LogP contribution >= 0.6 is 11.8 Å². The van der Waals surface area contributed by atoms with Gasteiger partial charge < -0.3 is 10.6 Å². The molecule has 3 nitrogen and oxygen atoms in total. The lowest BCUT2D eigenvalue weighted by molar-refractivity contribution is -0.116. The van der Waals surface area contributed by atoms with E-state index in [0.717, 1.165) is 24.4 Å². The Kier molecular flexibility index (Phi) is 3.07. The first-order valence-electron chi connectivity index (χ1n) is 6.07. The molecule has 2 heterocycles. The average Bonchev–Trinajstić information content (AvgIpc) is 2.39. The van der Waals surface area contributed by atoms with Crippen LogP contribution in [0.15, 0.2) is 18.2 Å². The number of carbonyl (C=O) groups excluding carboxylic acids is 1. The van der Waals surface area contributed by atoms with E-state index in [1.807, 2.05) is 17.8 Å². The molecule has 2 aliphatic rings. The molecule has 1 amide bonds. The van der Waals surface area contributed by atoms with Gasteiger partial charge in [-0.15, -0.1) is 0 Å². The fraction of sp³-hybridized carbons (Fsp3) is 0.462. The van der Waals surface area contributed by atoms with Crippen molar-refractivity contribution in [1.29, 1.82) is 0 Å². The van der Waals surface area contributed by atoms with Gasteiger partial charge in [0.1, 0.15) is 0 Å². The van der Waals surface area contributed by atoms with Gasteiger partial charge in [-0.25, -0.2) is 0 Å². The largest absolute Gasteiger partial charge is 0.326 e. The highest BCUT2D eigenvalue weighted by atomic mass is 32.2. The van der Waals surface area contributed by atoms with Gasteiger partial charge in [-0.2, -0.15) is 11.8 Å². The Morgan fingerprint density at radius 1 is 1.29 bits per heavy atom. The Morgan fingerprint density at radius 2 is 2.24 bits per heavy atom. The molecule has 90 valence electrons. The Morgan fingerprint density at radius 3 is 3.06 bits per heavy atom. The van der Waals surface area contributed by atoms with Gasteiger partial charge in [0.25, 0.3) is 0 Å². The highest BCUT2D eigenvalue weighted by molar-refractivity contribution is 7.99. The summed E-state index contributed by atoms with van der Waals surface area (Å²) >= 11 is 2.00. The summed E-state index contributed by atoms with van der Waals surface area (Å²) in [5.74, 6) is 2.49. The van der Waals surface area contributed by atoms with Crippen molar-refractivity contribution in [3.63, 3.8) is 0 Å². The number of nitrogens with one attached hydrogen (secondary N) is 2. The van der Waals surface area contributed by atoms with Gasteiger partial charge in [0.15, 0.2) is 0 Å². The van der Waals surface area contributed by atoms with E-state index >= 15 is 0 Å². The van der Waals surface area contributed by atoms with Gasteiger partial charge in [0.2, 0.25) is 5.91 Å². The standard InChI is InChI=1S/C13H16N2OS/c16-13-4-2-9-7-10(1-3-11(9)15-13)12-8-17-6-5-14-12/h1,3,7,12,14H,2,4-6,8H2,(H,15,16). The molecule has 2 aliphatic heterocycles. The van der Waals surface area contributed by atoms with Gasteiger partial charge in [0, 0.05) is 36.2 Å². The predicted molar refractivity (Wildman–Crippen MR) is 71.5 cm³/mol. The normalized spacial score (nSPS) is 24.0. The van der Waals surface area contributed by atoms with Crippen molar-refractivity contribution in [2.45, 2.75) is 18.9 Å². The van der Waals surface area contributed by atoms with E-state index in [1.54, 1.807) is 0 Å². The molecular weight excluding hydrogens is 232 g/mol. The average molecular weight is 248 g/mol. The molecule has 2 N–H and O–H groups in total. The number of thioether (sulfide) groups is 1. The zero-order valence-electron chi connectivity index (χ0n) is 9.66. The minimum atomic E-state index is 0.136. The topological polar surface area (TPSA) is 41.1 Å². The van der Waals surface area contributed by atoms with E-state index in [9.17, 15) is 4.79 Å². The molecule has 4 heteroatoms. The van der Waals surface area contributed by atoms with Crippen LogP contribution in [0, 0.1) is 0 Å². The monoisotopic (exact) mass is 248 g/mol. The van der Waals surface area contributed by atoms with E-state index in [0.29, 0.717) is 12.5 Å². The molecule has 3 rings (SSSR count). The zero-order valence-corrected chi connectivity index (χ0v) is 10.5. The van der Waals surface area contributed by atoms with Crippen LogP contribution in [-0.4, -0.2) is 24.0 Å². The van der Waals surface area contributed by atoms with Gasteiger partial charge in [0.05, 0.1) is 0 Å². The summed E-state index contributed by atoms with van der Waals surface area (Å²) in [4.78, 5) is 11.3. The fourth-order valence-electron chi connectivity index (χ4n) is 2.40. The molecule has 0 aliphatic carbocycles. The molecule has 1 aromatic carbocycles. The van der Waals surface area contributed by atoms with Crippen molar-refractivity contribution in [2.75, 3.05) is 23.4 Å². The van der Waals surface area contributed by atoms with Gasteiger partial charge >= 0.3 is 0 Å². The van der Waals surface area contributed by atoms with Crippen molar-refractivity contribution in [2.24, 2.45) is 0 Å². The van der Waals surface area contributed by atoms with E-state index in [-0.39, 0.29) is 5.91 Å². The number of fused-ring (bicyclic) bond motifs is 1. The lowest BCUT2D eigenvalue weighted by atomic mass is 9.97.